The van der Waals surface area contributed by atoms with Gasteiger partial charge in [0.25, 0.3) is 0 Å². The number of carbonyl (C=O) groups is 2. The molecule has 1 amide bonds. The molecule has 0 bridgehead atoms. The molecule has 6 nitrogen and oxygen atoms in total. The summed E-state index contributed by atoms with van der Waals surface area (Å²) in [6.45, 7) is 5.27. The molecule has 1 aliphatic heterocycles. The lowest BCUT2D eigenvalue weighted by molar-refractivity contribution is -0.143. The lowest BCUT2D eigenvalue weighted by Crippen LogP contribution is -2.49. The molecule has 1 aliphatic rings. The summed E-state index contributed by atoms with van der Waals surface area (Å²) in [5.41, 5.74) is 1.72. The molecular formula is C17H24N2O4. The molecule has 2 rings (SSSR count). The Kier molecular flexibility index (Phi) is 6.12. The molecule has 1 saturated heterocycles. The second-order valence-corrected chi connectivity index (χ2v) is 5.95. The minimum atomic E-state index is -0.971. The summed E-state index contributed by atoms with van der Waals surface area (Å²) < 4.78 is 0. The quantitative estimate of drug-likeness (QED) is 0.806. The Hall–Kier alpha value is -1.92. The van der Waals surface area contributed by atoms with Gasteiger partial charge in [0.1, 0.15) is 0 Å². The van der Waals surface area contributed by atoms with E-state index < -0.39 is 11.9 Å². The van der Waals surface area contributed by atoms with Crippen molar-refractivity contribution < 1.29 is 19.8 Å². The van der Waals surface area contributed by atoms with Crippen LogP contribution in [-0.4, -0.2) is 71.2 Å². The summed E-state index contributed by atoms with van der Waals surface area (Å²) in [4.78, 5) is 27.8. The van der Waals surface area contributed by atoms with Gasteiger partial charge in [-0.3, -0.25) is 14.5 Å². The van der Waals surface area contributed by atoms with Gasteiger partial charge in [0.15, 0.2) is 0 Å². The van der Waals surface area contributed by atoms with Crippen LogP contribution in [0.4, 0.5) is 0 Å². The third-order valence-corrected chi connectivity index (χ3v) is 4.30. The number of rotatable bonds is 6. The van der Waals surface area contributed by atoms with Crippen molar-refractivity contribution in [2.75, 3.05) is 39.3 Å². The first-order chi connectivity index (χ1) is 11.0. The Labute approximate surface area is 136 Å². The van der Waals surface area contributed by atoms with E-state index in [1.807, 2.05) is 19.1 Å². The number of aliphatic hydroxyl groups is 1. The zero-order valence-corrected chi connectivity index (χ0v) is 13.4. The Morgan fingerprint density at radius 2 is 1.74 bits per heavy atom. The first kappa shape index (κ1) is 17.4. The molecule has 0 aromatic heterocycles. The number of carbonyl (C=O) groups excluding carboxylic acids is 1. The Morgan fingerprint density at radius 1 is 1.13 bits per heavy atom. The zero-order valence-electron chi connectivity index (χ0n) is 13.4. The molecule has 0 aliphatic carbocycles. The fourth-order valence-corrected chi connectivity index (χ4v) is 2.81. The van der Waals surface area contributed by atoms with E-state index in [1.54, 1.807) is 17.0 Å². The van der Waals surface area contributed by atoms with Gasteiger partial charge in [0, 0.05) is 39.1 Å². The van der Waals surface area contributed by atoms with Crippen LogP contribution in [0.15, 0.2) is 24.3 Å². The Bertz CT molecular complexity index is 536. The van der Waals surface area contributed by atoms with E-state index in [2.05, 4.69) is 4.90 Å². The molecule has 1 atom stereocenters. The van der Waals surface area contributed by atoms with Crippen LogP contribution in [0.1, 0.15) is 23.5 Å². The Balaban J connectivity index is 1.96. The van der Waals surface area contributed by atoms with Gasteiger partial charge in [0.05, 0.1) is 12.5 Å². The van der Waals surface area contributed by atoms with Crippen LogP contribution in [0.2, 0.25) is 0 Å². The summed E-state index contributed by atoms with van der Waals surface area (Å²) in [7, 11) is 0. The number of amides is 1. The molecule has 23 heavy (non-hydrogen) atoms. The number of carboxylic acid groups (broad SMARTS) is 1. The SMILES string of the molecule is Cc1ccc(C(CC(=O)N2CCN(CCO)CC2)C(=O)O)cc1. The first-order valence-electron chi connectivity index (χ1n) is 7.91. The standard InChI is InChI=1S/C17H24N2O4/c1-13-2-4-14(5-3-13)15(17(22)23)12-16(21)19-8-6-18(7-9-19)10-11-20/h2-5,15,20H,6-12H2,1H3,(H,22,23). The van der Waals surface area contributed by atoms with Gasteiger partial charge in [0.2, 0.25) is 5.91 Å². The van der Waals surface area contributed by atoms with Gasteiger partial charge in [-0.1, -0.05) is 29.8 Å². The minimum absolute atomic E-state index is 0.0155. The maximum absolute atomic E-state index is 12.4. The second-order valence-electron chi connectivity index (χ2n) is 5.95. The van der Waals surface area contributed by atoms with E-state index in [0.717, 1.165) is 5.56 Å². The summed E-state index contributed by atoms with van der Waals surface area (Å²) in [5, 5.41) is 18.4. The lowest BCUT2D eigenvalue weighted by atomic mass is 9.94. The van der Waals surface area contributed by atoms with E-state index in [0.29, 0.717) is 38.3 Å². The number of nitrogens with zero attached hydrogens (tertiary/aromatic N) is 2. The average Bonchev–Trinajstić information content (AvgIpc) is 2.54. The summed E-state index contributed by atoms with van der Waals surface area (Å²) in [6, 6.07) is 7.29. The number of β-amino-alcohol motifs (C(OH)–C–C–N with tert-alkyl or cyclic N) is 1. The second kappa shape index (κ2) is 8.08. The molecule has 126 valence electrons. The predicted molar refractivity (Wildman–Crippen MR) is 86.3 cm³/mol. The van der Waals surface area contributed by atoms with Crippen LogP contribution in [0, 0.1) is 6.92 Å². The lowest BCUT2D eigenvalue weighted by Gasteiger charge is -2.34. The van der Waals surface area contributed by atoms with Crippen molar-refractivity contribution in [1.29, 1.82) is 0 Å². The third kappa shape index (κ3) is 4.77. The summed E-state index contributed by atoms with van der Waals surface area (Å²) in [6.07, 6.45) is -0.0155. The molecule has 0 spiro atoms. The smallest absolute Gasteiger partial charge is 0.311 e. The first-order valence-corrected chi connectivity index (χ1v) is 7.91. The highest BCUT2D eigenvalue weighted by Gasteiger charge is 2.27. The van der Waals surface area contributed by atoms with E-state index >= 15 is 0 Å². The number of benzene rings is 1. The van der Waals surface area contributed by atoms with Crippen molar-refractivity contribution in [3.05, 3.63) is 35.4 Å². The number of piperazine rings is 1. The van der Waals surface area contributed by atoms with Gasteiger partial charge in [-0.05, 0) is 12.5 Å². The number of carboxylic acids is 1. The number of hydrogen-bond acceptors (Lipinski definition) is 4. The molecule has 0 radical (unpaired) electrons. The van der Waals surface area contributed by atoms with Gasteiger partial charge in [-0.25, -0.2) is 0 Å². The van der Waals surface area contributed by atoms with Crippen molar-refractivity contribution in [3.8, 4) is 0 Å². The van der Waals surface area contributed by atoms with Crippen LogP contribution < -0.4 is 0 Å². The molecule has 1 heterocycles. The van der Waals surface area contributed by atoms with Crippen LogP contribution in [0.25, 0.3) is 0 Å². The highest BCUT2D eigenvalue weighted by molar-refractivity contribution is 5.85. The molecular weight excluding hydrogens is 296 g/mol. The van der Waals surface area contributed by atoms with Crippen LogP contribution in [-0.2, 0) is 9.59 Å². The zero-order chi connectivity index (χ0) is 16.8. The van der Waals surface area contributed by atoms with Gasteiger partial charge >= 0.3 is 5.97 Å². The fourth-order valence-electron chi connectivity index (χ4n) is 2.81. The highest BCUT2D eigenvalue weighted by atomic mass is 16.4. The third-order valence-electron chi connectivity index (χ3n) is 4.30. The molecule has 2 N–H and O–H groups in total. The van der Waals surface area contributed by atoms with Gasteiger partial charge in [-0.15, -0.1) is 0 Å². The van der Waals surface area contributed by atoms with Crippen molar-refractivity contribution in [2.45, 2.75) is 19.3 Å². The molecule has 1 aromatic carbocycles. The van der Waals surface area contributed by atoms with E-state index in [9.17, 15) is 14.7 Å². The largest absolute Gasteiger partial charge is 0.481 e. The minimum Gasteiger partial charge on any atom is -0.481 e. The maximum atomic E-state index is 12.4. The van der Waals surface area contributed by atoms with E-state index in [1.165, 1.54) is 0 Å². The van der Waals surface area contributed by atoms with Crippen molar-refractivity contribution >= 4 is 11.9 Å². The van der Waals surface area contributed by atoms with Gasteiger partial charge in [-0.2, -0.15) is 0 Å². The molecule has 6 heteroatoms. The fraction of sp³-hybridized carbons (Fsp3) is 0.529. The normalized spacial score (nSPS) is 17.0. The monoisotopic (exact) mass is 320 g/mol. The molecule has 0 saturated carbocycles. The molecule has 1 fully saturated rings. The number of aliphatic carboxylic acids is 1. The summed E-state index contributed by atoms with van der Waals surface area (Å²) >= 11 is 0. The number of aryl methyl sites for hydroxylation is 1. The number of hydrogen-bond donors (Lipinski definition) is 2. The highest BCUT2D eigenvalue weighted by Crippen LogP contribution is 2.22. The van der Waals surface area contributed by atoms with Gasteiger partial charge < -0.3 is 15.1 Å². The Morgan fingerprint density at radius 3 is 2.26 bits per heavy atom. The predicted octanol–water partition coefficient (Wildman–Crippen LogP) is 0.690. The van der Waals surface area contributed by atoms with Crippen molar-refractivity contribution in [1.82, 2.24) is 9.80 Å². The summed E-state index contributed by atoms with van der Waals surface area (Å²) in [5.74, 6) is -1.90. The van der Waals surface area contributed by atoms with Crippen LogP contribution >= 0.6 is 0 Å². The van der Waals surface area contributed by atoms with Crippen molar-refractivity contribution in [2.24, 2.45) is 0 Å². The average molecular weight is 320 g/mol. The van der Waals surface area contributed by atoms with E-state index in [4.69, 9.17) is 5.11 Å². The van der Waals surface area contributed by atoms with Crippen LogP contribution in [0.3, 0.4) is 0 Å². The van der Waals surface area contributed by atoms with E-state index in [-0.39, 0.29) is 18.9 Å². The maximum Gasteiger partial charge on any atom is 0.311 e. The molecule has 1 aromatic rings. The molecule has 1 unspecified atom stereocenters. The van der Waals surface area contributed by atoms with Crippen molar-refractivity contribution in [3.63, 3.8) is 0 Å². The number of aliphatic hydroxyl groups excluding tert-OH is 1. The topological polar surface area (TPSA) is 81.1 Å². The van der Waals surface area contributed by atoms with Crippen LogP contribution in [0.5, 0.6) is 0 Å².